The van der Waals surface area contributed by atoms with Crippen molar-refractivity contribution in [1.82, 2.24) is 0 Å². The Morgan fingerprint density at radius 2 is 1.77 bits per heavy atom. The lowest BCUT2D eigenvalue weighted by molar-refractivity contribution is 0.0219. The lowest BCUT2D eigenvalue weighted by Crippen LogP contribution is -2.47. The monoisotopic (exact) mass is 441 g/mol. The first-order chi connectivity index (χ1) is 14.6. The molecule has 6 nitrogen and oxygen atoms in total. The number of fused-ring (bicyclic) bond motifs is 5. The largest absolute Gasteiger partial charge is 0.488 e. The number of benzene rings is 2. The molecular weight excluding hydrogens is 426 g/mol. The molecule has 4 heterocycles. The number of rotatable bonds is 2. The summed E-state index contributed by atoms with van der Waals surface area (Å²) >= 11 is 7.52. The normalized spacial score (nSPS) is 21.1. The molecule has 30 heavy (non-hydrogen) atoms. The van der Waals surface area contributed by atoms with Gasteiger partial charge in [0, 0.05) is 22.1 Å². The van der Waals surface area contributed by atoms with Crippen LogP contribution in [-0.2, 0) is 16.9 Å². The third-order valence-electron chi connectivity index (χ3n) is 5.57. The highest BCUT2D eigenvalue weighted by atomic mass is 35.5. The molecule has 0 saturated heterocycles. The van der Waals surface area contributed by atoms with Crippen LogP contribution in [0.15, 0.2) is 48.5 Å². The molecule has 0 N–H and O–H groups in total. The molecule has 1 atom stereocenters. The van der Waals surface area contributed by atoms with Crippen LogP contribution in [-0.4, -0.2) is 25.9 Å². The molecule has 6 rings (SSSR count). The predicted octanol–water partition coefficient (Wildman–Crippen LogP) is 4.97. The van der Waals surface area contributed by atoms with Gasteiger partial charge in [-0.05, 0) is 24.3 Å². The van der Waals surface area contributed by atoms with E-state index >= 15 is 0 Å². The number of carbonyl (C=O) groups is 1. The molecule has 0 radical (unpaired) electrons. The summed E-state index contributed by atoms with van der Waals surface area (Å²) in [4.78, 5) is 15.8. The molecule has 0 saturated carbocycles. The zero-order chi connectivity index (χ0) is 20.3. The third-order valence-corrected chi connectivity index (χ3v) is 6.78. The Bertz CT molecular complexity index is 1180. The van der Waals surface area contributed by atoms with Gasteiger partial charge in [-0.15, -0.1) is 11.3 Å². The van der Waals surface area contributed by atoms with Gasteiger partial charge in [-0.2, -0.15) is 0 Å². The van der Waals surface area contributed by atoms with E-state index in [2.05, 4.69) is 0 Å². The zero-order valence-electron chi connectivity index (χ0n) is 15.7. The van der Waals surface area contributed by atoms with Gasteiger partial charge < -0.3 is 18.9 Å². The maximum Gasteiger partial charge on any atom is 0.416 e. The van der Waals surface area contributed by atoms with E-state index in [-0.39, 0.29) is 6.61 Å². The second-order valence-electron chi connectivity index (χ2n) is 7.28. The van der Waals surface area contributed by atoms with Crippen LogP contribution in [0.2, 0.25) is 4.34 Å². The van der Waals surface area contributed by atoms with Crippen molar-refractivity contribution in [2.45, 2.75) is 12.1 Å². The predicted molar refractivity (Wildman–Crippen MR) is 112 cm³/mol. The molecule has 3 aliphatic rings. The molecule has 1 amide bonds. The van der Waals surface area contributed by atoms with Gasteiger partial charge >= 0.3 is 6.09 Å². The minimum absolute atomic E-state index is 0.201. The minimum atomic E-state index is -1.03. The number of halogens is 1. The molecule has 152 valence electrons. The molecule has 8 heteroatoms. The minimum Gasteiger partial charge on any atom is -0.488 e. The van der Waals surface area contributed by atoms with Crippen molar-refractivity contribution < 1.29 is 23.7 Å². The number of nitrogens with zero attached hydrogens (tertiary/aromatic N) is 1. The lowest BCUT2D eigenvalue weighted by Gasteiger charge is -2.39. The average molecular weight is 442 g/mol. The number of hydrogen-bond acceptors (Lipinski definition) is 6. The fourth-order valence-corrected chi connectivity index (χ4v) is 5.30. The summed E-state index contributed by atoms with van der Waals surface area (Å²) in [5, 5.41) is 0. The Kier molecular flexibility index (Phi) is 3.91. The molecule has 1 aromatic heterocycles. The van der Waals surface area contributed by atoms with Gasteiger partial charge in [-0.1, -0.05) is 29.8 Å². The van der Waals surface area contributed by atoms with Gasteiger partial charge in [0.05, 0.1) is 16.6 Å². The number of para-hydroxylation sites is 1. The quantitative estimate of drug-likeness (QED) is 0.562. The van der Waals surface area contributed by atoms with E-state index in [1.807, 2.05) is 48.5 Å². The molecule has 0 bridgehead atoms. The molecule has 1 spiro atoms. The fourth-order valence-electron chi connectivity index (χ4n) is 4.22. The smallest absolute Gasteiger partial charge is 0.416 e. The summed E-state index contributed by atoms with van der Waals surface area (Å²) in [6, 6.07) is 15.2. The van der Waals surface area contributed by atoms with Gasteiger partial charge in [0.15, 0.2) is 11.5 Å². The van der Waals surface area contributed by atoms with Gasteiger partial charge in [0.1, 0.15) is 25.6 Å². The Labute approximate surface area is 181 Å². The van der Waals surface area contributed by atoms with Gasteiger partial charge in [-0.25, -0.2) is 4.79 Å². The van der Waals surface area contributed by atoms with Crippen LogP contribution in [0, 0.1) is 0 Å². The third kappa shape index (κ3) is 2.58. The topological polar surface area (TPSA) is 57.2 Å². The first kappa shape index (κ1) is 17.9. The number of amides is 1. The van der Waals surface area contributed by atoms with Crippen molar-refractivity contribution in [2.24, 2.45) is 0 Å². The molecule has 3 aromatic rings. The van der Waals surface area contributed by atoms with Crippen molar-refractivity contribution in [3.63, 3.8) is 0 Å². The summed E-state index contributed by atoms with van der Waals surface area (Å²) in [7, 11) is 0. The lowest BCUT2D eigenvalue weighted by atomic mass is 9.85. The van der Waals surface area contributed by atoms with Crippen molar-refractivity contribution in [1.29, 1.82) is 0 Å². The summed E-state index contributed by atoms with van der Waals surface area (Å²) in [5.41, 5.74) is 1.42. The van der Waals surface area contributed by atoms with Crippen LogP contribution in [0.4, 0.5) is 10.5 Å². The molecule has 0 aliphatic carbocycles. The van der Waals surface area contributed by atoms with Gasteiger partial charge in [0.2, 0.25) is 5.60 Å². The Balaban J connectivity index is 1.47. The summed E-state index contributed by atoms with van der Waals surface area (Å²) in [6.45, 7) is 1.56. The number of carbonyl (C=O) groups excluding carboxylic acids is 1. The van der Waals surface area contributed by atoms with E-state index in [1.54, 1.807) is 4.90 Å². The van der Waals surface area contributed by atoms with Gasteiger partial charge in [-0.3, -0.25) is 4.90 Å². The molecular formula is C22H16ClNO5S. The highest BCUT2D eigenvalue weighted by Gasteiger charge is 2.52. The average Bonchev–Trinajstić information content (AvgIpc) is 3.33. The number of anilines is 1. The number of ether oxygens (including phenoxy) is 4. The van der Waals surface area contributed by atoms with E-state index in [1.165, 1.54) is 11.3 Å². The maximum atomic E-state index is 13.2. The first-order valence-electron chi connectivity index (χ1n) is 9.55. The summed E-state index contributed by atoms with van der Waals surface area (Å²) in [5.74, 6) is 1.91. The second kappa shape index (κ2) is 6.55. The summed E-state index contributed by atoms with van der Waals surface area (Å²) in [6.07, 6.45) is -0.426. The van der Waals surface area contributed by atoms with Crippen LogP contribution >= 0.6 is 22.9 Å². The SMILES string of the molecule is O=C1OC2(COc3cc4c(cc32)OCCO4)c2ccccc2N1Cc1ccc(Cl)s1. The Morgan fingerprint density at radius 3 is 2.57 bits per heavy atom. The van der Waals surface area contributed by atoms with Crippen LogP contribution in [0.3, 0.4) is 0 Å². The second-order valence-corrected chi connectivity index (χ2v) is 9.08. The van der Waals surface area contributed by atoms with Crippen molar-refractivity contribution in [2.75, 3.05) is 24.7 Å². The zero-order valence-corrected chi connectivity index (χ0v) is 17.3. The van der Waals surface area contributed by atoms with Crippen molar-refractivity contribution >= 4 is 34.7 Å². The molecule has 3 aliphatic heterocycles. The van der Waals surface area contributed by atoms with Crippen LogP contribution < -0.4 is 19.1 Å². The first-order valence-corrected chi connectivity index (χ1v) is 10.7. The van der Waals surface area contributed by atoms with Gasteiger partial charge in [0.25, 0.3) is 0 Å². The van der Waals surface area contributed by atoms with Crippen LogP contribution in [0.25, 0.3) is 0 Å². The van der Waals surface area contributed by atoms with E-state index in [4.69, 9.17) is 30.5 Å². The molecule has 1 unspecified atom stereocenters. The Morgan fingerprint density at radius 1 is 0.967 bits per heavy atom. The van der Waals surface area contributed by atoms with Crippen LogP contribution in [0.5, 0.6) is 17.2 Å². The highest BCUT2D eigenvalue weighted by molar-refractivity contribution is 7.16. The van der Waals surface area contributed by atoms with Crippen molar-refractivity contribution in [3.8, 4) is 17.2 Å². The fraction of sp³-hybridized carbons (Fsp3) is 0.227. The van der Waals surface area contributed by atoms with E-state index in [9.17, 15) is 4.79 Å². The Hall–Kier alpha value is -2.90. The standard InChI is InChI=1S/C22H16ClNO5S/c23-20-6-5-13(30-20)11-24-16-4-2-1-3-14(16)22(29-21(24)25)12-28-17-10-19-18(9-15(17)22)26-7-8-27-19/h1-6,9-10H,7-8,11-12H2. The summed E-state index contributed by atoms with van der Waals surface area (Å²) < 4.78 is 24.2. The molecule has 2 aromatic carbocycles. The highest BCUT2D eigenvalue weighted by Crippen LogP contribution is 2.53. The number of hydrogen-bond donors (Lipinski definition) is 0. The van der Waals surface area contributed by atoms with E-state index in [0.717, 1.165) is 21.7 Å². The van der Waals surface area contributed by atoms with E-state index in [0.29, 0.717) is 41.3 Å². The van der Waals surface area contributed by atoms with Crippen molar-refractivity contribution in [3.05, 3.63) is 68.9 Å². The van der Waals surface area contributed by atoms with E-state index < -0.39 is 11.7 Å². The molecule has 0 fully saturated rings. The number of thiophene rings is 1. The maximum absolute atomic E-state index is 13.2. The van der Waals surface area contributed by atoms with Crippen LogP contribution in [0.1, 0.15) is 16.0 Å².